The van der Waals surface area contributed by atoms with E-state index >= 15 is 0 Å². The third-order valence-corrected chi connectivity index (χ3v) is 2.04. The largest absolute Gasteiger partial charge is 0.305 e. The number of carbonyl (C=O) groups is 1. The predicted octanol–water partition coefficient (Wildman–Crippen LogP) is 0.771. The molecule has 0 bridgehead atoms. The van der Waals surface area contributed by atoms with Crippen LogP contribution >= 0.6 is 0 Å². The van der Waals surface area contributed by atoms with Gasteiger partial charge in [0.15, 0.2) is 0 Å². The smallest absolute Gasteiger partial charge is 0.277 e. The number of nitrogens with zero attached hydrogens (tertiary/aromatic N) is 4. The first-order chi connectivity index (χ1) is 7.66. The first-order valence-electron chi connectivity index (χ1n) is 4.75. The van der Waals surface area contributed by atoms with Crippen LogP contribution in [0.2, 0.25) is 0 Å². The Bertz CT molecular complexity index is 505. The molecule has 2 aromatic heterocycles. The first kappa shape index (κ1) is 10.3. The highest BCUT2D eigenvalue weighted by Gasteiger charge is 2.10. The minimum Gasteiger partial charge on any atom is -0.305 e. The molecule has 82 valence electrons. The van der Waals surface area contributed by atoms with Crippen molar-refractivity contribution in [2.75, 3.05) is 5.32 Å². The zero-order chi connectivity index (χ0) is 11.5. The van der Waals surface area contributed by atoms with E-state index in [-0.39, 0.29) is 11.6 Å². The maximum Gasteiger partial charge on any atom is 0.277 e. The highest BCUT2D eigenvalue weighted by Crippen LogP contribution is 2.08. The zero-order valence-electron chi connectivity index (χ0n) is 9.01. The Morgan fingerprint density at radius 2 is 2.25 bits per heavy atom. The van der Waals surface area contributed by atoms with Gasteiger partial charge in [0.05, 0.1) is 11.9 Å². The molecule has 0 aromatic carbocycles. The summed E-state index contributed by atoms with van der Waals surface area (Å²) >= 11 is 0. The monoisotopic (exact) mass is 217 g/mol. The summed E-state index contributed by atoms with van der Waals surface area (Å²) in [4.78, 5) is 19.5. The van der Waals surface area contributed by atoms with E-state index in [1.807, 2.05) is 6.92 Å². The highest BCUT2D eigenvalue weighted by molar-refractivity contribution is 6.02. The number of anilines is 1. The van der Waals surface area contributed by atoms with Crippen molar-refractivity contribution in [1.82, 2.24) is 19.7 Å². The van der Waals surface area contributed by atoms with Crippen molar-refractivity contribution in [2.45, 2.75) is 6.92 Å². The molecule has 0 fully saturated rings. The molecule has 0 aliphatic rings. The zero-order valence-corrected chi connectivity index (χ0v) is 9.01. The van der Waals surface area contributed by atoms with Crippen molar-refractivity contribution in [3.05, 3.63) is 36.0 Å². The van der Waals surface area contributed by atoms with Gasteiger partial charge in [-0.15, -0.1) is 0 Å². The van der Waals surface area contributed by atoms with E-state index in [0.29, 0.717) is 5.82 Å². The Hall–Kier alpha value is -2.24. The standard InChI is InChI=1S/C10H11N5O/c1-7-5-9(15(2)14-7)13-10(16)8-6-11-3-4-12-8/h3-6H,1-2H3,(H,13,16). The van der Waals surface area contributed by atoms with Gasteiger partial charge in [-0.1, -0.05) is 0 Å². The van der Waals surface area contributed by atoms with Crippen molar-refractivity contribution in [1.29, 1.82) is 0 Å². The number of aryl methyl sites for hydroxylation is 2. The molecular formula is C10H11N5O. The van der Waals surface area contributed by atoms with Gasteiger partial charge in [0.25, 0.3) is 5.91 Å². The molecule has 0 aliphatic carbocycles. The van der Waals surface area contributed by atoms with Crippen LogP contribution in [0.5, 0.6) is 0 Å². The van der Waals surface area contributed by atoms with Crippen molar-refractivity contribution in [3.8, 4) is 0 Å². The summed E-state index contributed by atoms with van der Waals surface area (Å²) in [6, 6.07) is 1.79. The summed E-state index contributed by atoms with van der Waals surface area (Å²) in [7, 11) is 1.76. The van der Waals surface area contributed by atoms with Crippen molar-refractivity contribution >= 4 is 11.7 Å². The summed E-state index contributed by atoms with van der Waals surface area (Å²) in [5.41, 5.74) is 1.12. The summed E-state index contributed by atoms with van der Waals surface area (Å²) in [5, 5.41) is 6.83. The van der Waals surface area contributed by atoms with E-state index < -0.39 is 0 Å². The van der Waals surface area contributed by atoms with Gasteiger partial charge in [-0.2, -0.15) is 5.10 Å². The molecule has 6 heteroatoms. The van der Waals surface area contributed by atoms with Gasteiger partial charge < -0.3 is 5.32 Å². The predicted molar refractivity (Wildman–Crippen MR) is 57.9 cm³/mol. The number of nitrogens with one attached hydrogen (secondary N) is 1. The Kier molecular flexibility index (Phi) is 2.63. The number of hydrogen-bond donors (Lipinski definition) is 1. The molecule has 0 unspecified atom stereocenters. The van der Waals surface area contributed by atoms with Gasteiger partial charge in [-0.25, -0.2) is 4.98 Å². The molecule has 0 atom stereocenters. The van der Waals surface area contributed by atoms with Gasteiger partial charge in [0.1, 0.15) is 11.5 Å². The topological polar surface area (TPSA) is 72.7 Å². The van der Waals surface area contributed by atoms with Gasteiger partial charge >= 0.3 is 0 Å². The highest BCUT2D eigenvalue weighted by atomic mass is 16.2. The summed E-state index contributed by atoms with van der Waals surface area (Å²) in [6.07, 6.45) is 4.41. The van der Waals surface area contributed by atoms with Crippen LogP contribution in [-0.4, -0.2) is 25.7 Å². The molecule has 1 N–H and O–H groups in total. The van der Waals surface area contributed by atoms with E-state index in [9.17, 15) is 4.79 Å². The van der Waals surface area contributed by atoms with Crippen LogP contribution in [0.3, 0.4) is 0 Å². The molecular weight excluding hydrogens is 206 g/mol. The van der Waals surface area contributed by atoms with Crippen LogP contribution in [0.4, 0.5) is 5.82 Å². The normalized spacial score (nSPS) is 10.1. The SMILES string of the molecule is Cc1cc(NC(=O)c2cnccn2)n(C)n1. The fourth-order valence-electron chi connectivity index (χ4n) is 1.32. The molecule has 0 saturated carbocycles. The average Bonchev–Trinajstić information content (AvgIpc) is 2.59. The maximum absolute atomic E-state index is 11.7. The second kappa shape index (κ2) is 4.09. The molecule has 0 aliphatic heterocycles. The van der Waals surface area contributed by atoms with Crippen molar-refractivity contribution in [3.63, 3.8) is 0 Å². The van der Waals surface area contributed by atoms with Gasteiger partial charge in [-0.3, -0.25) is 14.5 Å². The number of aromatic nitrogens is 4. The van der Waals surface area contributed by atoms with Crippen molar-refractivity contribution < 1.29 is 4.79 Å². The number of hydrogen-bond acceptors (Lipinski definition) is 4. The fraction of sp³-hybridized carbons (Fsp3) is 0.200. The van der Waals surface area contributed by atoms with Crippen LogP contribution in [0.25, 0.3) is 0 Å². The second-order valence-corrected chi connectivity index (χ2v) is 3.34. The summed E-state index contributed by atoms with van der Waals surface area (Å²) < 4.78 is 1.60. The second-order valence-electron chi connectivity index (χ2n) is 3.34. The van der Waals surface area contributed by atoms with Gasteiger partial charge in [-0.05, 0) is 6.92 Å². The molecule has 2 aromatic rings. The Morgan fingerprint density at radius 3 is 2.81 bits per heavy atom. The van der Waals surface area contributed by atoms with Crippen LogP contribution < -0.4 is 5.32 Å². The van der Waals surface area contributed by atoms with Gasteiger partial charge in [0.2, 0.25) is 0 Å². The Labute approximate surface area is 92.3 Å². The quantitative estimate of drug-likeness (QED) is 0.806. The lowest BCUT2D eigenvalue weighted by Crippen LogP contribution is -2.16. The minimum atomic E-state index is -0.295. The molecule has 1 amide bonds. The van der Waals surface area contributed by atoms with Crippen LogP contribution in [0, 0.1) is 6.92 Å². The molecule has 2 heterocycles. The molecule has 2 rings (SSSR count). The fourth-order valence-corrected chi connectivity index (χ4v) is 1.32. The summed E-state index contributed by atoms with van der Waals surface area (Å²) in [6.45, 7) is 1.86. The number of amides is 1. The lowest BCUT2D eigenvalue weighted by Gasteiger charge is -2.03. The van der Waals surface area contributed by atoms with Crippen molar-refractivity contribution in [2.24, 2.45) is 7.05 Å². The molecule has 0 spiro atoms. The third-order valence-electron chi connectivity index (χ3n) is 2.04. The number of carbonyl (C=O) groups excluding carboxylic acids is 1. The molecule has 16 heavy (non-hydrogen) atoms. The molecule has 0 radical (unpaired) electrons. The van der Waals surface area contributed by atoms with Crippen LogP contribution in [0.15, 0.2) is 24.7 Å². The first-order valence-corrected chi connectivity index (χ1v) is 4.75. The van der Waals surface area contributed by atoms with Gasteiger partial charge in [0, 0.05) is 25.5 Å². The van der Waals surface area contributed by atoms with E-state index in [1.54, 1.807) is 17.8 Å². The maximum atomic E-state index is 11.7. The minimum absolute atomic E-state index is 0.279. The van der Waals surface area contributed by atoms with Crippen LogP contribution in [0.1, 0.15) is 16.2 Å². The Morgan fingerprint density at radius 1 is 1.44 bits per heavy atom. The van der Waals surface area contributed by atoms with E-state index in [1.165, 1.54) is 18.6 Å². The van der Waals surface area contributed by atoms with E-state index in [2.05, 4.69) is 20.4 Å². The van der Waals surface area contributed by atoms with E-state index in [4.69, 9.17) is 0 Å². The Balaban J connectivity index is 2.17. The lowest BCUT2D eigenvalue weighted by atomic mass is 10.4. The third kappa shape index (κ3) is 2.05. The average molecular weight is 217 g/mol. The van der Waals surface area contributed by atoms with E-state index in [0.717, 1.165) is 5.69 Å². The number of rotatable bonds is 2. The lowest BCUT2D eigenvalue weighted by molar-refractivity contribution is 0.102. The van der Waals surface area contributed by atoms with Crippen LogP contribution in [-0.2, 0) is 7.05 Å². The molecule has 0 saturated heterocycles. The molecule has 6 nitrogen and oxygen atoms in total. The summed E-state index contributed by atoms with van der Waals surface area (Å²) in [5.74, 6) is 0.337.